The van der Waals surface area contributed by atoms with Crippen molar-refractivity contribution in [2.45, 2.75) is 69.5 Å². The van der Waals surface area contributed by atoms with Crippen LogP contribution in [-0.2, 0) is 4.84 Å². The topological polar surface area (TPSA) is 56.2 Å². The molecule has 0 aromatic rings. The van der Waals surface area contributed by atoms with Crippen LogP contribution in [0.3, 0.4) is 0 Å². The Bertz CT molecular complexity index is 310. The fourth-order valence-electron chi connectivity index (χ4n) is 3.66. The summed E-state index contributed by atoms with van der Waals surface area (Å²) in [7, 11) is 0. The van der Waals surface area contributed by atoms with Crippen LogP contribution in [0.1, 0.15) is 46.0 Å². The fraction of sp³-hybridized carbons (Fsp3) is 1.00. The van der Waals surface area contributed by atoms with Gasteiger partial charge < -0.3 is 10.3 Å². The van der Waals surface area contributed by atoms with E-state index < -0.39 is 11.4 Å². The quantitative estimate of drug-likeness (QED) is 0.649. The molecule has 2 saturated heterocycles. The first-order valence-corrected chi connectivity index (χ1v) is 6.13. The molecule has 0 unspecified atom stereocenters. The molecule has 1 saturated carbocycles. The lowest BCUT2D eigenvalue weighted by Gasteiger charge is -2.32. The van der Waals surface area contributed by atoms with Gasteiger partial charge in [0.05, 0.1) is 12.1 Å². The molecule has 0 aromatic carbocycles. The van der Waals surface area contributed by atoms with Gasteiger partial charge in [0, 0.05) is 6.42 Å². The van der Waals surface area contributed by atoms with E-state index in [0.717, 1.165) is 12.8 Å². The largest absolute Gasteiger partial charge is 0.364 e. The molecule has 5 nitrogen and oxygen atoms in total. The van der Waals surface area contributed by atoms with Gasteiger partial charge >= 0.3 is 0 Å². The van der Waals surface area contributed by atoms with Crippen molar-refractivity contribution in [1.29, 1.82) is 0 Å². The highest BCUT2D eigenvalue weighted by atomic mass is 16.8. The van der Waals surface area contributed by atoms with Gasteiger partial charge in [-0.15, -0.1) is 0 Å². The number of hydrogen-bond donors (Lipinski definition) is 2. The minimum Gasteiger partial charge on any atom is -0.364 e. The summed E-state index contributed by atoms with van der Waals surface area (Å²) >= 11 is 0. The van der Waals surface area contributed by atoms with Crippen LogP contribution in [0.15, 0.2) is 0 Å². The van der Waals surface area contributed by atoms with Gasteiger partial charge in [0.25, 0.3) is 0 Å². The lowest BCUT2D eigenvalue weighted by Crippen LogP contribution is -2.47. The Balaban J connectivity index is 1.93. The van der Waals surface area contributed by atoms with Gasteiger partial charge in [-0.2, -0.15) is 10.1 Å². The van der Waals surface area contributed by atoms with Crippen LogP contribution >= 0.6 is 0 Å². The number of hydroxylamine groups is 4. The molecule has 0 radical (unpaired) electrons. The van der Waals surface area contributed by atoms with Gasteiger partial charge in [-0.1, -0.05) is 12.8 Å². The van der Waals surface area contributed by atoms with E-state index in [2.05, 4.69) is 0 Å². The van der Waals surface area contributed by atoms with E-state index in [9.17, 15) is 10.3 Å². The van der Waals surface area contributed by atoms with Crippen molar-refractivity contribution in [2.75, 3.05) is 0 Å². The minimum absolute atomic E-state index is 0.162. The first-order valence-electron chi connectivity index (χ1n) is 6.13. The normalized spacial score (nSPS) is 54.0. The zero-order valence-corrected chi connectivity index (χ0v) is 9.89. The smallest absolute Gasteiger partial charge is 0.185 e. The number of rotatable bonds is 0. The Kier molecular flexibility index (Phi) is 2.17. The molecule has 0 amide bonds. The second kappa shape index (κ2) is 3.17. The molecule has 3 fully saturated rings. The van der Waals surface area contributed by atoms with Gasteiger partial charge in [0.1, 0.15) is 5.66 Å². The Labute approximate surface area is 95.5 Å². The highest BCUT2D eigenvalue weighted by molar-refractivity contribution is 5.04. The van der Waals surface area contributed by atoms with Gasteiger partial charge in [0.2, 0.25) is 0 Å². The Morgan fingerprint density at radius 2 is 1.81 bits per heavy atom. The SMILES string of the molecule is C[C@]12C[C@](C)(O)ON1[C@H]1CCCC[C@@H]1N2O. The molecule has 2 heterocycles. The molecule has 0 bridgehead atoms. The first kappa shape index (κ1) is 10.9. The van der Waals surface area contributed by atoms with Crippen molar-refractivity contribution in [3.05, 3.63) is 0 Å². The van der Waals surface area contributed by atoms with Crippen LogP contribution in [-0.4, -0.2) is 44.0 Å². The summed E-state index contributed by atoms with van der Waals surface area (Å²) in [5.41, 5.74) is -0.566. The first-order chi connectivity index (χ1) is 7.44. The minimum atomic E-state index is -1.15. The second-order valence-corrected chi connectivity index (χ2v) is 5.75. The fourth-order valence-corrected chi connectivity index (χ4v) is 3.66. The number of fused-ring (bicyclic) bond motifs is 3. The van der Waals surface area contributed by atoms with Crippen LogP contribution in [0, 0.1) is 0 Å². The van der Waals surface area contributed by atoms with E-state index in [1.165, 1.54) is 17.9 Å². The maximum Gasteiger partial charge on any atom is 0.185 e. The molecule has 3 aliphatic rings. The van der Waals surface area contributed by atoms with E-state index in [0.29, 0.717) is 6.42 Å². The third-order valence-electron chi connectivity index (χ3n) is 4.24. The van der Waals surface area contributed by atoms with Crippen LogP contribution in [0.5, 0.6) is 0 Å². The van der Waals surface area contributed by atoms with Crippen LogP contribution < -0.4 is 0 Å². The lowest BCUT2D eigenvalue weighted by atomic mass is 9.91. The predicted molar refractivity (Wildman–Crippen MR) is 56.2 cm³/mol. The lowest BCUT2D eigenvalue weighted by molar-refractivity contribution is -0.300. The van der Waals surface area contributed by atoms with Crippen molar-refractivity contribution in [1.82, 2.24) is 10.1 Å². The standard InChI is InChI=1S/C11H20N2O3/c1-10-7-11(2,14)16-13(10)9-6-4-3-5-8(9)12(10)15/h8-9,14-15H,3-7H2,1-2H3/t8-,9-,10+,11+/m0/s1. The molecule has 2 aliphatic heterocycles. The zero-order chi connectivity index (χ0) is 11.6. The summed E-state index contributed by atoms with van der Waals surface area (Å²) in [6, 6.07) is 0.382. The second-order valence-electron chi connectivity index (χ2n) is 5.75. The third-order valence-corrected chi connectivity index (χ3v) is 4.24. The van der Waals surface area contributed by atoms with E-state index in [4.69, 9.17) is 4.84 Å². The summed E-state index contributed by atoms with van der Waals surface area (Å²) in [5.74, 6) is -1.15. The average molecular weight is 228 g/mol. The predicted octanol–water partition coefficient (Wildman–Crippen LogP) is 1.06. The van der Waals surface area contributed by atoms with Gasteiger partial charge in [-0.25, -0.2) is 0 Å². The molecular formula is C11H20N2O3. The number of hydrogen-bond acceptors (Lipinski definition) is 5. The van der Waals surface area contributed by atoms with Crippen molar-refractivity contribution in [2.24, 2.45) is 0 Å². The maximum atomic E-state index is 10.3. The summed E-state index contributed by atoms with van der Waals surface area (Å²) in [4.78, 5) is 5.60. The molecule has 0 aromatic heterocycles. The Morgan fingerprint density at radius 1 is 1.19 bits per heavy atom. The van der Waals surface area contributed by atoms with E-state index in [1.54, 1.807) is 6.92 Å². The number of nitrogens with zero attached hydrogens (tertiary/aromatic N) is 2. The van der Waals surface area contributed by atoms with Crippen molar-refractivity contribution in [3.8, 4) is 0 Å². The van der Waals surface area contributed by atoms with Crippen molar-refractivity contribution < 1.29 is 15.2 Å². The van der Waals surface area contributed by atoms with E-state index in [-0.39, 0.29) is 12.1 Å². The van der Waals surface area contributed by atoms with E-state index in [1.807, 2.05) is 12.0 Å². The van der Waals surface area contributed by atoms with E-state index >= 15 is 0 Å². The molecule has 4 atom stereocenters. The van der Waals surface area contributed by atoms with Gasteiger partial charge in [-0.05, 0) is 26.7 Å². The summed E-state index contributed by atoms with van der Waals surface area (Å²) in [5, 5.41) is 23.5. The third kappa shape index (κ3) is 1.29. The molecule has 0 spiro atoms. The maximum absolute atomic E-state index is 10.3. The summed E-state index contributed by atoms with van der Waals surface area (Å²) in [6.45, 7) is 3.59. The van der Waals surface area contributed by atoms with Crippen molar-refractivity contribution in [3.63, 3.8) is 0 Å². The van der Waals surface area contributed by atoms with Crippen LogP contribution in [0.4, 0.5) is 0 Å². The Hall–Kier alpha value is -0.200. The molecule has 2 N–H and O–H groups in total. The Morgan fingerprint density at radius 3 is 2.50 bits per heavy atom. The highest BCUT2D eigenvalue weighted by Gasteiger charge is 2.63. The highest BCUT2D eigenvalue weighted by Crippen LogP contribution is 2.49. The number of aliphatic hydroxyl groups is 1. The van der Waals surface area contributed by atoms with Crippen molar-refractivity contribution >= 4 is 0 Å². The molecular weight excluding hydrogens is 208 g/mol. The van der Waals surface area contributed by atoms with Crippen LogP contribution in [0.25, 0.3) is 0 Å². The van der Waals surface area contributed by atoms with Crippen LogP contribution in [0.2, 0.25) is 0 Å². The summed E-state index contributed by atoms with van der Waals surface area (Å²) in [6.07, 6.45) is 4.81. The molecule has 92 valence electrons. The molecule has 5 heteroatoms. The molecule has 1 aliphatic carbocycles. The summed E-state index contributed by atoms with van der Waals surface area (Å²) < 4.78 is 0. The molecule has 3 rings (SSSR count). The monoisotopic (exact) mass is 228 g/mol. The zero-order valence-electron chi connectivity index (χ0n) is 9.89. The van der Waals surface area contributed by atoms with Gasteiger partial charge in [0.15, 0.2) is 5.79 Å². The molecule has 16 heavy (non-hydrogen) atoms. The van der Waals surface area contributed by atoms with Gasteiger partial charge in [-0.3, -0.25) is 4.84 Å². The average Bonchev–Trinajstić information content (AvgIpc) is 2.57.